The van der Waals surface area contributed by atoms with Crippen molar-refractivity contribution in [2.45, 2.75) is 51.5 Å². The Morgan fingerprint density at radius 1 is 1.16 bits per heavy atom. The quantitative estimate of drug-likeness (QED) is 0.484. The topological polar surface area (TPSA) is 122 Å². The van der Waals surface area contributed by atoms with Crippen LogP contribution in [0.1, 0.15) is 56.4 Å². The van der Waals surface area contributed by atoms with E-state index < -0.39 is 26.9 Å². The smallest absolute Gasteiger partial charge is 0.333 e. The minimum Gasteiger partial charge on any atom is -0.475 e. The number of urea groups is 1. The third-order valence-corrected chi connectivity index (χ3v) is 5.97. The summed E-state index contributed by atoms with van der Waals surface area (Å²) in [7, 11) is -2.59. The summed E-state index contributed by atoms with van der Waals surface area (Å²) in [5.74, 6) is -0.601. The maximum absolute atomic E-state index is 14.1. The van der Waals surface area contributed by atoms with E-state index in [1.165, 1.54) is 25.3 Å². The van der Waals surface area contributed by atoms with Gasteiger partial charge in [-0.25, -0.2) is 13.9 Å². The number of benzene rings is 1. The standard InChI is InChI=1S/C21H30FN5O4S/c1-12(2)16-9-15(22)10-17(13(3)4)19(16)26-21(28)27-32(29,30)20-14(5)24-11-18(25-20)31-8-7-23-6/h9-13,23H,7-8H2,1-6H3,(H2,26,27,28). The van der Waals surface area contributed by atoms with E-state index in [9.17, 15) is 17.6 Å². The molecular formula is C21H30FN5O4S. The number of nitrogens with zero attached hydrogens (tertiary/aromatic N) is 2. The lowest BCUT2D eigenvalue weighted by Gasteiger charge is -2.20. The number of hydrogen-bond donors (Lipinski definition) is 3. The second kappa shape index (κ2) is 10.7. The molecule has 0 saturated heterocycles. The Hall–Kier alpha value is -2.79. The molecule has 2 amide bonds. The maximum atomic E-state index is 14.1. The Morgan fingerprint density at radius 3 is 2.28 bits per heavy atom. The Balaban J connectivity index is 2.31. The van der Waals surface area contributed by atoms with E-state index in [-0.39, 0.29) is 30.0 Å². The summed E-state index contributed by atoms with van der Waals surface area (Å²) in [4.78, 5) is 20.6. The highest BCUT2D eigenvalue weighted by atomic mass is 32.2. The maximum Gasteiger partial charge on any atom is 0.333 e. The Morgan fingerprint density at radius 2 is 1.75 bits per heavy atom. The van der Waals surface area contributed by atoms with E-state index in [2.05, 4.69) is 20.6 Å². The van der Waals surface area contributed by atoms with Crippen LogP contribution in [0.5, 0.6) is 5.88 Å². The van der Waals surface area contributed by atoms with Crippen molar-refractivity contribution in [2.75, 3.05) is 25.5 Å². The SMILES string of the molecule is CNCCOc1cnc(C)c(S(=O)(=O)NC(=O)Nc2c(C(C)C)cc(F)cc2C(C)C)n1. The van der Waals surface area contributed by atoms with Crippen LogP contribution in [-0.2, 0) is 10.0 Å². The number of nitrogens with one attached hydrogen (secondary N) is 3. The van der Waals surface area contributed by atoms with Gasteiger partial charge < -0.3 is 15.4 Å². The summed E-state index contributed by atoms with van der Waals surface area (Å²) in [5, 5.41) is 5.06. The molecule has 2 aromatic rings. The van der Waals surface area contributed by atoms with E-state index in [0.29, 0.717) is 23.4 Å². The number of halogens is 1. The van der Waals surface area contributed by atoms with Gasteiger partial charge in [-0.05, 0) is 49.1 Å². The zero-order valence-corrected chi connectivity index (χ0v) is 19.9. The molecule has 1 aromatic carbocycles. The van der Waals surface area contributed by atoms with Gasteiger partial charge in [0, 0.05) is 12.2 Å². The fourth-order valence-corrected chi connectivity index (χ4v) is 4.06. The lowest BCUT2D eigenvalue weighted by Crippen LogP contribution is -2.36. The van der Waals surface area contributed by atoms with Crippen LogP contribution in [0.3, 0.4) is 0 Å². The highest BCUT2D eigenvalue weighted by molar-refractivity contribution is 7.90. The van der Waals surface area contributed by atoms with Crippen molar-refractivity contribution >= 4 is 21.7 Å². The molecule has 0 spiro atoms. The average Bonchev–Trinajstić information content (AvgIpc) is 2.69. The summed E-state index contributed by atoms with van der Waals surface area (Å²) >= 11 is 0. The first-order valence-electron chi connectivity index (χ1n) is 10.2. The molecule has 2 rings (SSSR count). The molecule has 0 bridgehead atoms. The van der Waals surface area contributed by atoms with Crippen molar-refractivity contribution in [1.82, 2.24) is 20.0 Å². The minimum absolute atomic E-state index is 0.0226. The van der Waals surface area contributed by atoms with Crippen LogP contribution in [0.25, 0.3) is 0 Å². The third kappa shape index (κ3) is 6.36. The number of carbonyl (C=O) groups excluding carboxylic acids is 1. The fourth-order valence-electron chi connectivity index (χ4n) is 3.01. The first-order valence-corrected chi connectivity index (χ1v) is 11.7. The van der Waals surface area contributed by atoms with Crippen LogP contribution in [0, 0.1) is 12.7 Å². The molecule has 0 radical (unpaired) electrons. The van der Waals surface area contributed by atoms with Crippen LogP contribution in [0.4, 0.5) is 14.9 Å². The number of anilines is 1. The molecule has 11 heteroatoms. The van der Waals surface area contributed by atoms with Crippen molar-refractivity contribution in [3.05, 3.63) is 41.0 Å². The highest BCUT2D eigenvalue weighted by Gasteiger charge is 2.25. The summed E-state index contributed by atoms with van der Waals surface area (Å²) < 4.78 is 47.1. The average molecular weight is 468 g/mol. The monoisotopic (exact) mass is 467 g/mol. The molecule has 176 valence electrons. The van der Waals surface area contributed by atoms with Crippen LogP contribution in [0.15, 0.2) is 23.4 Å². The molecule has 0 atom stereocenters. The molecule has 0 aliphatic rings. The van der Waals surface area contributed by atoms with Gasteiger partial charge in [0.15, 0.2) is 0 Å². The normalized spacial score (nSPS) is 11.7. The van der Waals surface area contributed by atoms with E-state index in [1.54, 1.807) is 7.05 Å². The molecule has 1 aromatic heterocycles. The zero-order chi connectivity index (χ0) is 24.1. The molecule has 0 aliphatic heterocycles. The van der Waals surface area contributed by atoms with Gasteiger partial charge in [-0.3, -0.25) is 4.98 Å². The molecule has 0 saturated carbocycles. The molecular weight excluding hydrogens is 437 g/mol. The van der Waals surface area contributed by atoms with Gasteiger partial charge in [0.25, 0.3) is 10.0 Å². The number of hydrogen-bond acceptors (Lipinski definition) is 7. The predicted molar refractivity (Wildman–Crippen MR) is 120 cm³/mol. The van der Waals surface area contributed by atoms with Crippen molar-refractivity contribution in [2.24, 2.45) is 0 Å². The first kappa shape index (κ1) is 25.5. The number of sulfonamides is 1. The highest BCUT2D eigenvalue weighted by Crippen LogP contribution is 2.33. The van der Waals surface area contributed by atoms with Crippen LogP contribution in [-0.4, -0.2) is 44.6 Å². The number of amides is 2. The first-order chi connectivity index (χ1) is 15.0. The Labute approximate surface area is 188 Å². The number of aryl methyl sites for hydroxylation is 1. The van der Waals surface area contributed by atoms with Gasteiger partial charge in [-0.1, -0.05) is 27.7 Å². The Kier molecular flexibility index (Phi) is 8.51. The second-order valence-corrected chi connectivity index (χ2v) is 9.48. The molecule has 9 nitrogen and oxygen atoms in total. The van der Waals surface area contributed by atoms with Crippen LogP contribution in [0.2, 0.25) is 0 Å². The fraction of sp³-hybridized carbons (Fsp3) is 0.476. The summed E-state index contributed by atoms with van der Waals surface area (Å²) in [6.07, 6.45) is 1.31. The number of carbonyl (C=O) groups is 1. The van der Waals surface area contributed by atoms with Crippen molar-refractivity contribution < 1.29 is 22.3 Å². The van der Waals surface area contributed by atoms with Crippen molar-refractivity contribution in [3.63, 3.8) is 0 Å². The molecule has 0 fully saturated rings. The summed E-state index contributed by atoms with van der Waals surface area (Å²) in [5.41, 5.74) is 1.63. The molecule has 3 N–H and O–H groups in total. The molecule has 32 heavy (non-hydrogen) atoms. The number of ether oxygens (including phenoxy) is 1. The zero-order valence-electron chi connectivity index (χ0n) is 19.1. The third-order valence-electron chi connectivity index (χ3n) is 4.62. The lowest BCUT2D eigenvalue weighted by atomic mass is 9.92. The Bertz CT molecular complexity index is 1040. The van der Waals surface area contributed by atoms with Gasteiger partial charge in [0.2, 0.25) is 10.9 Å². The number of aromatic nitrogens is 2. The van der Waals surface area contributed by atoms with Gasteiger partial charge in [-0.15, -0.1) is 0 Å². The van der Waals surface area contributed by atoms with Gasteiger partial charge in [0.05, 0.1) is 11.9 Å². The largest absolute Gasteiger partial charge is 0.475 e. The predicted octanol–water partition coefficient (Wildman–Crippen LogP) is 3.28. The van der Waals surface area contributed by atoms with Crippen LogP contribution >= 0.6 is 0 Å². The van der Waals surface area contributed by atoms with E-state index in [1.807, 2.05) is 32.4 Å². The van der Waals surface area contributed by atoms with Gasteiger partial charge in [0.1, 0.15) is 12.4 Å². The summed E-state index contributed by atoms with van der Waals surface area (Å²) in [6, 6.07) is 1.69. The molecule has 0 unspecified atom stereocenters. The molecule has 1 heterocycles. The number of rotatable bonds is 9. The lowest BCUT2D eigenvalue weighted by molar-refractivity contribution is 0.256. The molecule has 0 aliphatic carbocycles. The van der Waals surface area contributed by atoms with Crippen LogP contribution < -0.4 is 20.1 Å². The van der Waals surface area contributed by atoms with E-state index in [4.69, 9.17) is 4.74 Å². The minimum atomic E-state index is -4.34. The number of likely N-dealkylation sites (N-methyl/N-ethyl adjacent to an activating group) is 1. The van der Waals surface area contributed by atoms with E-state index >= 15 is 0 Å². The van der Waals surface area contributed by atoms with Gasteiger partial charge >= 0.3 is 6.03 Å². The second-order valence-electron chi connectivity index (χ2n) is 7.88. The summed E-state index contributed by atoms with van der Waals surface area (Å²) in [6.45, 7) is 9.70. The van der Waals surface area contributed by atoms with Gasteiger partial charge in [-0.2, -0.15) is 13.4 Å². The van der Waals surface area contributed by atoms with Crippen molar-refractivity contribution in [3.8, 4) is 5.88 Å². The van der Waals surface area contributed by atoms with E-state index in [0.717, 1.165) is 0 Å². The van der Waals surface area contributed by atoms with Crippen molar-refractivity contribution in [1.29, 1.82) is 0 Å².